The van der Waals surface area contributed by atoms with Crippen LogP contribution in [0.5, 0.6) is 5.75 Å². The molecule has 3 rings (SSSR count). The van der Waals surface area contributed by atoms with Crippen LogP contribution in [-0.2, 0) is 9.59 Å². The number of unbranched alkanes of at least 4 members (excludes halogenated alkanes) is 5. The number of anilines is 1. The maximum absolute atomic E-state index is 13.0. The number of amides is 4. The van der Waals surface area contributed by atoms with E-state index in [1.807, 2.05) is 6.92 Å². The standard InChI is InChI=1S/C26H29ClN2O4/c1-3-4-5-6-7-8-15-33-21-13-10-19(11-14-21)16-22-24(30)28-26(32)29(25(22)31)20-12-9-18(2)23(27)17-20/h9-14,16-17H,3-8,15H2,1-2H3,(H,28,30,32)/b22-16+. The number of rotatable bonds is 10. The Hall–Kier alpha value is -3.12. The van der Waals surface area contributed by atoms with E-state index in [4.69, 9.17) is 16.3 Å². The van der Waals surface area contributed by atoms with Gasteiger partial charge in [0.1, 0.15) is 11.3 Å². The number of carbonyl (C=O) groups is 3. The van der Waals surface area contributed by atoms with E-state index in [-0.39, 0.29) is 5.57 Å². The van der Waals surface area contributed by atoms with Gasteiger partial charge in [0.15, 0.2) is 0 Å². The molecule has 0 bridgehead atoms. The zero-order chi connectivity index (χ0) is 23.8. The monoisotopic (exact) mass is 468 g/mol. The normalized spacial score (nSPS) is 15.2. The molecule has 4 amide bonds. The molecule has 1 aliphatic heterocycles. The Morgan fingerprint density at radius 1 is 0.970 bits per heavy atom. The molecule has 1 heterocycles. The first-order valence-corrected chi connectivity index (χ1v) is 11.7. The maximum atomic E-state index is 13.0. The Labute approximate surface area is 199 Å². The quantitative estimate of drug-likeness (QED) is 0.261. The number of hydrogen-bond acceptors (Lipinski definition) is 4. The van der Waals surface area contributed by atoms with Crippen LogP contribution in [0.1, 0.15) is 56.6 Å². The first-order chi connectivity index (χ1) is 15.9. The lowest BCUT2D eigenvalue weighted by Gasteiger charge is -2.26. The summed E-state index contributed by atoms with van der Waals surface area (Å²) in [5.74, 6) is -0.703. The summed E-state index contributed by atoms with van der Waals surface area (Å²) in [5.41, 5.74) is 1.63. The van der Waals surface area contributed by atoms with Gasteiger partial charge >= 0.3 is 6.03 Å². The van der Waals surface area contributed by atoms with E-state index in [1.54, 1.807) is 36.4 Å². The van der Waals surface area contributed by atoms with Gasteiger partial charge in [-0.2, -0.15) is 0 Å². The minimum Gasteiger partial charge on any atom is -0.494 e. The first-order valence-electron chi connectivity index (χ1n) is 11.3. The van der Waals surface area contributed by atoms with Crippen LogP contribution < -0.4 is 15.0 Å². The molecule has 33 heavy (non-hydrogen) atoms. The fourth-order valence-corrected chi connectivity index (χ4v) is 3.69. The van der Waals surface area contributed by atoms with E-state index in [2.05, 4.69) is 12.2 Å². The molecule has 1 N–H and O–H groups in total. The van der Waals surface area contributed by atoms with E-state index < -0.39 is 17.8 Å². The van der Waals surface area contributed by atoms with Crippen molar-refractivity contribution < 1.29 is 19.1 Å². The predicted octanol–water partition coefficient (Wildman–Crippen LogP) is 6.05. The summed E-state index contributed by atoms with van der Waals surface area (Å²) in [5, 5.41) is 2.64. The molecule has 0 aliphatic carbocycles. The molecule has 2 aromatic rings. The van der Waals surface area contributed by atoms with Gasteiger partial charge in [-0.1, -0.05) is 68.8 Å². The molecule has 0 atom stereocenters. The summed E-state index contributed by atoms with van der Waals surface area (Å²) in [7, 11) is 0. The van der Waals surface area contributed by atoms with E-state index in [1.165, 1.54) is 37.8 Å². The van der Waals surface area contributed by atoms with Crippen LogP contribution >= 0.6 is 11.6 Å². The summed E-state index contributed by atoms with van der Waals surface area (Å²) in [6.07, 6.45) is 8.65. The fraction of sp³-hybridized carbons (Fsp3) is 0.346. The van der Waals surface area contributed by atoms with Gasteiger partial charge in [0.25, 0.3) is 11.8 Å². The predicted molar refractivity (Wildman–Crippen MR) is 131 cm³/mol. The van der Waals surface area contributed by atoms with Crippen molar-refractivity contribution in [3.63, 3.8) is 0 Å². The highest BCUT2D eigenvalue weighted by Crippen LogP contribution is 2.27. The fourth-order valence-electron chi connectivity index (χ4n) is 3.51. The summed E-state index contributed by atoms with van der Waals surface area (Å²) in [6.45, 7) is 4.68. The number of benzene rings is 2. The van der Waals surface area contributed by atoms with Crippen LogP contribution in [-0.4, -0.2) is 24.5 Å². The van der Waals surface area contributed by atoms with Crippen molar-refractivity contribution >= 4 is 41.2 Å². The second-order valence-electron chi connectivity index (χ2n) is 8.08. The smallest absolute Gasteiger partial charge is 0.335 e. The highest BCUT2D eigenvalue weighted by molar-refractivity contribution is 6.39. The van der Waals surface area contributed by atoms with Crippen molar-refractivity contribution in [2.24, 2.45) is 0 Å². The number of imide groups is 2. The molecule has 2 aromatic carbocycles. The van der Waals surface area contributed by atoms with Crippen LogP contribution in [0.25, 0.3) is 6.08 Å². The molecular formula is C26H29ClN2O4. The van der Waals surface area contributed by atoms with E-state index in [0.29, 0.717) is 22.9 Å². The minimum absolute atomic E-state index is 0.132. The van der Waals surface area contributed by atoms with Crippen molar-refractivity contribution in [2.75, 3.05) is 11.5 Å². The Bertz CT molecular complexity index is 1050. The lowest BCUT2D eigenvalue weighted by Crippen LogP contribution is -2.54. The molecule has 0 aromatic heterocycles. The molecule has 174 valence electrons. The molecule has 0 saturated carbocycles. The van der Waals surface area contributed by atoms with Gasteiger partial charge in [0.05, 0.1) is 12.3 Å². The summed E-state index contributed by atoms with van der Waals surface area (Å²) >= 11 is 6.15. The van der Waals surface area contributed by atoms with E-state index in [9.17, 15) is 14.4 Å². The molecule has 1 fully saturated rings. The van der Waals surface area contributed by atoms with Crippen LogP contribution in [0, 0.1) is 6.92 Å². The lowest BCUT2D eigenvalue weighted by atomic mass is 10.1. The number of nitrogens with one attached hydrogen (secondary N) is 1. The van der Waals surface area contributed by atoms with Crippen molar-refractivity contribution in [3.8, 4) is 5.75 Å². The molecule has 6 nitrogen and oxygen atoms in total. The SMILES string of the molecule is CCCCCCCCOc1ccc(/C=C2\C(=O)NC(=O)N(c3ccc(C)c(Cl)c3)C2=O)cc1. The third kappa shape index (κ3) is 6.45. The topological polar surface area (TPSA) is 75.7 Å². The number of urea groups is 1. The number of hydrogen-bond donors (Lipinski definition) is 1. The minimum atomic E-state index is -0.805. The highest BCUT2D eigenvalue weighted by Gasteiger charge is 2.36. The lowest BCUT2D eigenvalue weighted by molar-refractivity contribution is -0.122. The number of halogens is 1. The summed E-state index contributed by atoms with van der Waals surface area (Å²) in [6, 6.07) is 11.2. The number of carbonyl (C=O) groups excluding carboxylic acids is 3. The van der Waals surface area contributed by atoms with Gasteiger partial charge < -0.3 is 4.74 Å². The maximum Gasteiger partial charge on any atom is 0.335 e. The molecule has 1 aliphatic rings. The van der Waals surface area contributed by atoms with E-state index in [0.717, 1.165) is 29.1 Å². The second kappa shape index (κ2) is 11.7. The van der Waals surface area contributed by atoms with Gasteiger partial charge in [-0.25, -0.2) is 9.69 Å². The van der Waals surface area contributed by atoms with Crippen LogP contribution in [0.3, 0.4) is 0 Å². The first kappa shape index (κ1) is 24.5. The van der Waals surface area contributed by atoms with Crippen molar-refractivity contribution in [1.29, 1.82) is 0 Å². The van der Waals surface area contributed by atoms with Gasteiger partial charge in [0.2, 0.25) is 0 Å². The van der Waals surface area contributed by atoms with Gasteiger partial charge in [-0.15, -0.1) is 0 Å². The van der Waals surface area contributed by atoms with Gasteiger partial charge in [0, 0.05) is 5.02 Å². The van der Waals surface area contributed by atoms with Gasteiger partial charge in [-0.3, -0.25) is 14.9 Å². The summed E-state index contributed by atoms with van der Waals surface area (Å²) in [4.78, 5) is 38.6. The average molecular weight is 469 g/mol. The Morgan fingerprint density at radius 2 is 1.67 bits per heavy atom. The number of aryl methyl sites for hydroxylation is 1. The van der Waals surface area contributed by atoms with Gasteiger partial charge in [-0.05, 0) is 54.8 Å². The molecular weight excluding hydrogens is 440 g/mol. The largest absolute Gasteiger partial charge is 0.494 e. The molecule has 1 saturated heterocycles. The number of nitrogens with zero attached hydrogens (tertiary/aromatic N) is 1. The van der Waals surface area contributed by atoms with Crippen LogP contribution in [0.2, 0.25) is 5.02 Å². The van der Waals surface area contributed by atoms with Crippen molar-refractivity contribution in [1.82, 2.24) is 5.32 Å². The van der Waals surface area contributed by atoms with E-state index >= 15 is 0 Å². The second-order valence-corrected chi connectivity index (χ2v) is 8.48. The zero-order valence-corrected chi connectivity index (χ0v) is 19.8. The van der Waals surface area contributed by atoms with Crippen LogP contribution in [0.4, 0.5) is 10.5 Å². The third-order valence-electron chi connectivity index (χ3n) is 5.47. The molecule has 0 radical (unpaired) electrons. The average Bonchev–Trinajstić information content (AvgIpc) is 2.79. The molecule has 0 spiro atoms. The molecule has 0 unspecified atom stereocenters. The summed E-state index contributed by atoms with van der Waals surface area (Å²) < 4.78 is 5.78. The molecule has 7 heteroatoms. The zero-order valence-electron chi connectivity index (χ0n) is 19.0. The number of barbiturate groups is 1. The Kier molecular flexibility index (Phi) is 8.66. The van der Waals surface area contributed by atoms with Crippen molar-refractivity contribution in [3.05, 3.63) is 64.2 Å². The Balaban J connectivity index is 1.66. The number of ether oxygens (including phenoxy) is 1. The van der Waals surface area contributed by atoms with Crippen molar-refractivity contribution in [2.45, 2.75) is 52.4 Å². The van der Waals surface area contributed by atoms with Crippen LogP contribution in [0.15, 0.2) is 48.0 Å². The third-order valence-corrected chi connectivity index (χ3v) is 5.88. The Morgan fingerprint density at radius 3 is 2.36 bits per heavy atom. The highest BCUT2D eigenvalue weighted by atomic mass is 35.5.